The van der Waals surface area contributed by atoms with Gasteiger partial charge < -0.3 is 10.8 Å². The SMILES string of the molecule is Cc1ccc(C)c(C(=O)C(N)CO)c1. The Labute approximate surface area is 83.6 Å². The summed E-state index contributed by atoms with van der Waals surface area (Å²) in [6.45, 7) is 3.46. The number of benzene rings is 1. The van der Waals surface area contributed by atoms with Gasteiger partial charge in [0.05, 0.1) is 12.6 Å². The van der Waals surface area contributed by atoms with Gasteiger partial charge in [0, 0.05) is 5.56 Å². The molecule has 1 aromatic rings. The number of hydrogen-bond acceptors (Lipinski definition) is 3. The van der Waals surface area contributed by atoms with E-state index >= 15 is 0 Å². The molecule has 0 saturated heterocycles. The van der Waals surface area contributed by atoms with E-state index in [1.165, 1.54) is 0 Å². The third kappa shape index (κ3) is 2.19. The number of hydrogen-bond donors (Lipinski definition) is 2. The van der Waals surface area contributed by atoms with Gasteiger partial charge in [0.2, 0.25) is 0 Å². The second kappa shape index (κ2) is 4.35. The molecule has 0 fully saturated rings. The van der Waals surface area contributed by atoms with Gasteiger partial charge in [-0.3, -0.25) is 4.79 Å². The molecule has 1 atom stereocenters. The molecule has 0 saturated carbocycles. The van der Waals surface area contributed by atoms with E-state index < -0.39 is 6.04 Å². The molecule has 1 rings (SSSR count). The maximum atomic E-state index is 11.7. The van der Waals surface area contributed by atoms with Crippen molar-refractivity contribution in [2.45, 2.75) is 19.9 Å². The Hall–Kier alpha value is -1.19. The van der Waals surface area contributed by atoms with E-state index in [1.54, 1.807) is 6.07 Å². The third-order valence-electron chi connectivity index (χ3n) is 2.19. The summed E-state index contributed by atoms with van der Waals surface area (Å²) in [6.07, 6.45) is 0. The van der Waals surface area contributed by atoms with Crippen LogP contribution in [0.15, 0.2) is 18.2 Å². The van der Waals surface area contributed by atoms with Crippen LogP contribution < -0.4 is 5.73 Å². The molecule has 76 valence electrons. The van der Waals surface area contributed by atoms with Gasteiger partial charge in [-0.15, -0.1) is 0 Å². The highest BCUT2D eigenvalue weighted by Gasteiger charge is 2.16. The zero-order valence-electron chi connectivity index (χ0n) is 8.45. The normalized spacial score (nSPS) is 12.6. The number of nitrogens with two attached hydrogens (primary N) is 1. The van der Waals surface area contributed by atoms with Crippen LogP contribution in [0.2, 0.25) is 0 Å². The largest absolute Gasteiger partial charge is 0.394 e. The van der Waals surface area contributed by atoms with Gasteiger partial charge in [0.1, 0.15) is 0 Å². The lowest BCUT2D eigenvalue weighted by atomic mass is 9.98. The van der Waals surface area contributed by atoms with Gasteiger partial charge in [-0.2, -0.15) is 0 Å². The van der Waals surface area contributed by atoms with Gasteiger partial charge in [-0.25, -0.2) is 0 Å². The Morgan fingerprint density at radius 1 is 1.50 bits per heavy atom. The second-order valence-electron chi connectivity index (χ2n) is 3.47. The number of Topliss-reactive ketones (excluding diaryl/α,β-unsaturated/α-hetero) is 1. The molecule has 0 aliphatic heterocycles. The van der Waals surface area contributed by atoms with Crippen molar-refractivity contribution in [3.05, 3.63) is 34.9 Å². The fraction of sp³-hybridized carbons (Fsp3) is 0.364. The quantitative estimate of drug-likeness (QED) is 0.698. The number of aliphatic hydroxyl groups excluding tert-OH is 1. The number of aliphatic hydroxyl groups is 1. The Morgan fingerprint density at radius 3 is 2.71 bits per heavy atom. The maximum absolute atomic E-state index is 11.7. The van der Waals surface area contributed by atoms with Gasteiger partial charge in [-0.05, 0) is 25.5 Å². The zero-order valence-corrected chi connectivity index (χ0v) is 8.45. The molecule has 0 bridgehead atoms. The summed E-state index contributed by atoms with van der Waals surface area (Å²) < 4.78 is 0. The van der Waals surface area contributed by atoms with Gasteiger partial charge in [-0.1, -0.05) is 17.7 Å². The molecule has 3 heteroatoms. The molecule has 1 unspecified atom stereocenters. The summed E-state index contributed by atoms with van der Waals surface area (Å²) in [5.41, 5.74) is 7.98. The summed E-state index contributed by atoms with van der Waals surface area (Å²) in [4.78, 5) is 11.7. The minimum atomic E-state index is -0.810. The second-order valence-corrected chi connectivity index (χ2v) is 3.47. The van der Waals surface area contributed by atoms with Crippen molar-refractivity contribution in [2.24, 2.45) is 5.73 Å². The van der Waals surface area contributed by atoms with E-state index in [0.717, 1.165) is 11.1 Å². The Balaban J connectivity index is 3.06. The molecule has 0 aromatic heterocycles. The van der Waals surface area contributed by atoms with E-state index in [2.05, 4.69) is 0 Å². The first-order valence-corrected chi connectivity index (χ1v) is 4.54. The minimum absolute atomic E-state index is 0.200. The third-order valence-corrected chi connectivity index (χ3v) is 2.19. The van der Waals surface area contributed by atoms with Crippen LogP contribution in [0, 0.1) is 13.8 Å². The Morgan fingerprint density at radius 2 is 2.14 bits per heavy atom. The van der Waals surface area contributed by atoms with Crippen molar-refractivity contribution < 1.29 is 9.90 Å². The van der Waals surface area contributed by atoms with Crippen LogP contribution in [-0.4, -0.2) is 23.5 Å². The van der Waals surface area contributed by atoms with Gasteiger partial charge in [0.15, 0.2) is 5.78 Å². The molecule has 0 aliphatic rings. The zero-order chi connectivity index (χ0) is 10.7. The van der Waals surface area contributed by atoms with Crippen LogP contribution in [0.3, 0.4) is 0 Å². The average Bonchev–Trinajstić information content (AvgIpc) is 2.19. The lowest BCUT2D eigenvalue weighted by Gasteiger charge is -2.10. The number of ketones is 1. The number of carbonyl (C=O) groups is 1. The van der Waals surface area contributed by atoms with E-state index in [0.29, 0.717) is 5.56 Å². The van der Waals surface area contributed by atoms with E-state index in [9.17, 15) is 4.79 Å². The van der Waals surface area contributed by atoms with Gasteiger partial charge in [0.25, 0.3) is 0 Å². The number of carbonyl (C=O) groups excluding carboxylic acids is 1. The molecular formula is C11H15NO2. The van der Waals surface area contributed by atoms with Crippen LogP contribution >= 0.6 is 0 Å². The Bertz CT molecular complexity index is 347. The highest BCUT2D eigenvalue weighted by Crippen LogP contribution is 2.12. The van der Waals surface area contributed by atoms with Crippen molar-refractivity contribution in [3.8, 4) is 0 Å². The van der Waals surface area contributed by atoms with E-state index in [-0.39, 0.29) is 12.4 Å². The maximum Gasteiger partial charge on any atom is 0.182 e. The standard InChI is InChI=1S/C11H15NO2/c1-7-3-4-8(2)9(5-7)11(14)10(12)6-13/h3-5,10,13H,6,12H2,1-2H3. The predicted octanol–water partition coefficient (Wildman–Crippen LogP) is 0.806. The van der Waals surface area contributed by atoms with Crippen LogP contribution in [-0.2, 0) is 0 Å². The van der Waals surface area contributed by atoms with Crippen molar-refractivity contribution in [1.82, 2.24) is 0 Å². The average molecular weight is 193 g/mol. The molecule has 0 radical (unpaired) electrons. The monoisotopic (exact) mass is 193 g/mol. The fourth-order valence-electron chi connectivity index (χ4n) is 1.28. The molecular weight excluding hydrogens is 178 g/mol. The highest BCUT2D eigenvalue weighted by atomic mass is 16.3. The molecule has 0 amide bonds. The molecule has 1 aromatic carbocycles. The molecule has 0 aliphatic carbocycles. The summed E-state index contributed by atoms with van der Waals surface area (Å²) >= 11 is 0. The summed E-state index contributed by atoms with van der Waals surface area (Å²) in [7, 11) is 0. The van der Waals surface area contributed by atoms with Crippen molar-refractivity contribution in [3.63, 3.8) is 0 Å². The summed E-state index contributed by atoms with van der Waals surface area (Å²) in [5.74, 6) is -0.200. The first-order valence-electron chi connectivity index (χ1n) is 4.54. The van der Waals surface area contributed by atoms with Crippen molar-refractivity contribution >= 4 is 5.78 Å². The molecule has 0 spiro atoms. The van der Waals surface area contributed by atoms with E-state index in [1.807, 2.05) is 26.0 Å². The highest BCUT2D eigenvalue weighted by molar-refractivity contribution is 6.01. The summed E-state index contributed by atoms with van der Waals surface area (Å²) in [6, 6.07) is 4.81. The number of aryl methyl sites for hydroxylation is 2. The summed E-state index contributed by atoms with van der Waals surface area (Å²) in [5, 5.41) is 8.78. The molecule has 3 N–H and O–H groups in total. The predicted molar refractivity (Wildman–Crippen MR) is 55.3 cm³/mol. The van der Waals surface area contributed by atoms with Crippen LogP contribution in [0.4, 0.5) is 0 Å². The molecule has 0 heterocycles. The smallest absolute Gasteiger partial charge is 0.182 e. The molecule has 3 nitrogen and oxygen atoms in total. The van der Waals surface area contributed by atoms with Crippen molar-refractivity contribution in [2.75, 3.05) is 6.61 Å². The van der Waals surface area contributed by atoms with Gasteiger partial charge >= 0.3 is 0 Å². The number of rotatable bonds is 3. The fourth-order valence-corrected chi connectivity index (χ4v) is 1.28. The van der Waals surface area contributed by atoms with Crippen LogP contribution in [0.1, 0.15) is 21.5 Å². The first-order chi connectivity index (χ1) is 6.56. The minimum Gasteiger partial charge on any atom is -0.394 e. The Kier molecular flexibility index (Phi) is 3.38. The van der Waals surface area contributed by atoms with Crippen LogP contribution in [0.5, 0.6) is 0 Å². The van der Waals surface area contributed by atoms with Crippen LogP contribution in [0.25, 0.3) is 0 Å². The topological polar surface area (TPSA) is 63.3 Å². The first kappa shape index (κ1) is 10.9. The van der Waals surface area contributed by atoms with Crippen molar-refractivity contribution in [1.29, 1.82) is 0 Å². The lowest BCUT2D eigenvalue weighted by molar-refractivity contribution is 0.0924. The van der Waals surface area contributed by atoms with E-state index in [4.69, 9.17) is 10.8 Å². The lowest BCUT2D eigenvalue weighted by Crippen LogP contribution is -2.34. The molecule has 14 heavy (non-hydrogen) atoms.